The van der Waals surface area contributed by atoms with Gasteiger partial charge in [0.1, 0.15) is 6.04 Å². The topological polar surface area (TPSA) is 92.8 Å². The fourth-order valence-corrected chi connectivity index (χ4v) is 2.76. The zero-order chi connectivity index (χ0) is 18.5. The largest absolute Gasteiger partial charge is 0.467 e. The zero-order valence-electron chi connectivity index (χ0n) is 14.9. The summed E-state index contributed by atoms with van der Waals surface area (Å²) in [6.45, 7) is 3.95. The number of nitrogens with zero attached hydrogens (tertiary/aromatic N) is 3. The van der Waals surface area contributed by atoms with Gasteiger partial charge in [-0.25, -0.2) is 4.79 Å². The summed E-state index contributed by atoms with van der Waals surface area (Å²) >= 11 is 0. The molecule has 3 rings (SSSR count). The number of carbonyl (C=O) groups is 1. The second kappa shape index (κ2) is 7.77. The van der Waals surface area contributed by atoms with Crippen LogP contribution in [0.3, 0.4) is 0 Å². The zero-order valence-corrected chi connectivity index (χ0v) is 14.9. The predicted octanol–water partition coefficient (Wildman–Crippen LogP) is 3.14. The van der Waals surface area contributed by atoms with Crippen LogP contribution in [0, 0.1) is 5.92 Å². The number of rotatable bonds is 6. The number of tetrazole rings is 1. The highest BCUT2D eigenvalue weighted by Crippen LogP contribution is 2.30. The molecule has 0 amide bonds. The summed E-state index contributed by atoms with van der Waals surface area (Å²) in [6, 6.07) is 15.4. The van der Waals surface area contributed by atoms with Crippen LogP contribution in [0.5, 0.6) is 0 Å². The summed E-state index contributed by atoms with van der Waals surface area (Å²) in [4.78, 5) is 11.9. The Labute approximate surface area is 151 Å². The molecule has 0 saturated carbocycles. The monoisotopic (exact) mass is 351 g/mol. The lowest BCUT2D eigenvalue weighted by atomic mass is 9.98. The van der Waals surface area contributed by atoms with Gasteiger partial charge in [-0.05, 0) is 34.4 Å². The summed E-state index contributed by atoms with van der Waals surface area (Å²) in [6.07, 6.45) is 0. The van der Waals surface area contributed by atoms with Gasteiger partial charge in [-0.1, -0.05) is 50.2 Å². The van der Waals surface area contributed by atoms with Crippen LogP contribution >= 0.6 is 0 Å². The van der Waals surface area contributed by atoms with E-state index in [0.717, 1.165) is 22.4 Å². The van der Waals surface area contributed by atoms with E-state index in [1.54, 1.807) is 0 Å². The van der Waals surface area contributed by atoms with Crippen LogP contribution in [0.15, 0.2) is 48.5 Å². The maximum absolute atomic E-state index is 11.9. The van der Waals surface area contributed by atoms with Crippen molar-refractivity contribution in [1.29, 1.82) is 0 Å². The molecule has 0 aliphatic carbocycles. The van der Waals surface area contributed by atoms with Gasteiger partial charge in [0, 0.05) is 11.3 Å². The highest BCUT2D eigenvalue weighted by Gasteiger charge is 2.22. The van der Waals surface area contributed by atoms with Crippen molar-refractivity contribution < 1.29 is 9.53 Å². The number of ether oxygens (including phenoxy) is 1. The maximum atomic E-state index is 11.9. The Hall–Kier alpha value is -3.22. The van der Waals surface area contributed by atoms with Crippen LogP contribution in [0.25, 0.3) is 22.5 Å². The fraction of sp³-hybridized carbons (Fsp3) is 0.263. The number of methoxy groups -OCH3 is 1. The van der Waals surface area contributed by atoms with E-state index in [1.165, 1.54) is 7.11 Å². The molecule has 1 aromatic heterocycles. The number of hydrogen-bond acceptors (Lipinski definition) is 6. The molecule has 1 atom stereocenters. The molecule has 7 heteroatoms. The predicted molar refractivity (Wildman–Crippen MR) is 99.3 cm³/mol. The third kappa shape index (κ3) is 3.72. The number of hydrogen-bond donors (Lipinski definition) is 2. The summed E-state index contributed by atoms with van der Waals surface area (Å²) in [5, 5.41) is 17.5. The van der Waals surface area contributed by atoms with Gasteiger partial charge in [-0.2, -0.15) is 5.21 Å². The summed E-state index contributed by atoms with van der Waals surface area (Å²) < 4.78 is 4.87. The summed E-state index contributed by atoms with van der Waals surface area (Å²) in [7, 11) is 1.40. The average molecular weight is 351 g/mol. The third-order valence-corrected chi connectivity index (χ3v) is 4.15. The molecule has 0 spiro atoms. The van der Waals surface area contributed by atoms with Gasteiger partial charge < -0.3 is 10.1 Å². The molecule has 26 heavy (non-hydrogen) atoms. The van der Waals surface area contributed by atoms with Crippen molar-refractivity contribution in [3.05, 3.63) is 48.5 Å². The van der Waals surface area contributed by atoms with Crippen LogP contribution in [-0.2, 0) is 9.53 Å². The van der Waals surface area contributed by atoms with Gasteiger partial charge in [0.2, 0.25) is 5.82 Å². The van der Waals surface area contributed by atoms with Crippen molar-refractivity contribution in [2.24, 2.45) is 5.92 Å². The Bertz CT molecular complexity index is 860. The van der Waals surface area contributed by atoms with Crippen molar-refractivity contribution in [1.82, 2.24) is 20.6 Å². The second-order valence-electron chi connectivity index (χ2n) is 6.25. The van der Waals surface area contributed by atoms with Gasteiger partial charge in [0.05, 0.1) is 7.11 Å². The van der Waals surface area contributed by atoms with Crippen LogP contribution in [-0.4, -0.2) is 39.7 Å². The normalized spacial score (nSPS) is 12.0. The van der Waals surface area contributed by atoms with Gasteiger partial charge >= 0.3 is 5.97 Å². The molecule has 1 heterocycles. The first kappa shape index (κ1) is 17.6. The first-order chi connectivity index (χ1) is 12.6. The number of anilines is 1. The smallest absolute Gasteiger partial charge is 0.328 e. The maximum Gasteiger partial charge on any atom is 0.328 e. The molecule has 0 unspecified atom stereocenters. The molecule has 2 N–H and O–H groups in total. The van der Waals surface area contributed by atoms with E-state index >= 15 is 0 Å². The molecule has 7 nitrogen and oxygen atoms in total. The van der Waals surface area contributed by atoms with E-state index in [9.17, 15) is 4.79 Å². The second-order valence-corrected chi connectivity index (χ2v) is 6.25. The number of carbonyl (C=O) groups excluding carboxylic acids is 1. The molecule has 0 bridgehead atoms. The number of esters is 1. The number of aromatic amines is 1. The number of benzene rings is 2. The van der Waals surface area contributed by atoms with E-state index in [1.807, 2.05) is 62.4 Å². The van der Waals surface area contributed by atoms with Gasteiger partial charge in [0.15, 0.2) is 0 Å². The number of aromatic nitrogens is 4. The van der Waals surface area contributed by atoms with Gasteiger partial charge in [0.25, 0.3) is 0 Å². The SMILES string of the molecule is COC(=O)[C@@H](Nc1ccc(-c2ccccc2-c2nn[nH]n2)cc1)C(C)C. The Morgan fingerprint density at radius 1 is 1.08 bits per heavy atom. The molecular weight excluding hydrogens is 330 g/mol. The highest BCUT2D eigenvalue weighted by molar-refractivity contribution is 5.82. The molecule has 2 aromatic carbocycles. The minimum Gasteiger partial charge on any atom is -0.467 e. The van der Waals surface area contributed by atoms with Gasteiger partial charge in [-0.15, -0.1) is 10.2 Å². The van der Waals surface area contributed by atoms with Crippen molar-refractivity contribution in [3.8, 4) is 22.5 Å². The van der Waals surface area contributed by atoms with E-state index < -0.39 is 6.04 Å². The van der Waals surface area contributed by atoms with Crippen molar-refractivity contribution in [2.75, 3.05) is 12.4 Å². The average Bonchev–Trinajstić information content (AvgIpc) is 3.20. The van der Waals surface area contributed by atoms with Crippen molar-refractivity contribution in [3.63, 3.8) is 0 Å². The molecular formula is C19H21N5O2. The molecule has 0 aliphatic rings. The Balaban J connectivity index is 1.86. The Morgan fingerprint density at radius 3 is 2.35 bits per heavy atom. The first-order valence-corrected chi connectivity index (χ1v) is 8.38. The minimum absolute atomic E-state index is 0.112. The van der Waals surface area contributed by atoms with Crippen molar-refractivity contribution >= 4 is 11.7 Å². The third-order valence-electron chi connectivity index (χ3n) is 4.15. The Kier molecular flexibility index (Phi) is 5.26. The molecule has 134 valence electrons. The van der Waals surface area contributed by atoms with E-state index in [2.05, 4.69) is 25.9 Å². The molecule has 0 radical (unpaired) electrons. The summed E-state index contributed by atoms with van der Waals surface area (Å²) in [5.41, 5.74) is 3.79. The molecule has 3 aromatic rings. The molecule has 0 saturated heterocycles. The van der Waals surface area contributed by atoms with E-state index in [0.29, 0.717) is 5.82 Å². The summed E-state index contributed by atoms with van der Waals surface area (Å²) in [5.74, 6) is 0.390. The lowest BCUT2D eigenvalue weighted by Crippen LogP contribution is -2.35. The van der Waals surface area contributed by atoms with Crippen LogP contribution < -0.4 is 5.32 Å². The van der Waals surface area contributed by atoms with Crippen LogP contribution in [0.2, 0.25) is 0 Å². The lowest BCUT2D eigenvalue weighted by molar-refractivity contribution is -0.142. The fourth-order valence-electron chi connectivity index (χ4n) is 2.76. The van der Waals surface area contributed by atoms with Crippen LogP contribution in [0.1, 0.15) is 13.8 Å². The van der Waals surface area contributed by atoms with E-state index in [4.69, 9.17) is 4.74 Å². The van der Waals surface area contributed by atoms with E-state index in [-0.39, 0.29) is 11.9 Å². The Morgan fingerprint density at radius 2 is 1.77 bits per heavy atom. The van der Waals surface area contributed by atoms with Gasteiger partial charge in [-0.3, -0.25) is 0 Å². The highest BCUT2D eigenvalue weighted by atomic mass is 16.5. The molecule has 0 aliphatic heterocycles. The lowest BCUT2D eigenvalue weighted by Gasteiger charge is -2.21. The van der Waals surface area contributed by atoms with Crippen LogP contribution in [0.4, 0.5) is 5.69 Å². The first-order valence-electron chi connectivity index (χ1n) is 8.38. The molecule has 0 fully saturated rings. The minimum atomic E-state index is -0.391. The number of nitrogens with one attached hydrogen (secondary N) is 2. The van der Waals surface area contributed by atoms with Crippen molar-refractivity contribution in [2.45, 2.75) is 19.9 Å². The number of H-pyrrole nitrogens is 1. The quantitative estimate of drug-likeness (QED) is 0.663. The standard InChI is InChI=1S/C19H21N5O2/c1-12(2)17(19(25)26-3)20-14-10-8-13(9-11-14)15-6-4-5-7-16(15)18-21-23-24-22-18/h4-12,17,20H,1-3H3,(H,21,22,23,24)/t17-/m0/s1.